The summed E-state index contributed by atoms with van der Waals surface area (Å²) < 4.78 is 98.2. The third-order valence-corrected chi connectivity index (χ3v) is 8.73. The van der Waals surface area contributed by atoms with E-state index >= 15 is 0 Å². The highest BCUT2D eigenvalue weighted by Gasteiger charge is 2.57. The molecule has 3 heterocycles. The van der Waals surface area contributed by atoms with Gasteiger partial charge in [-0.15, -0.1) is 0 Å². The topological polar surface area (TPSA) is 130 Å². The van der Waals surface area contributed by atoms with Gasteiger partial charge in [-0.05, 0) is 62.2 Å². The van der Waals surface area contributed by atoms with E-state index in [2.05, 4.69) is 15.1 Å². The van der Waals surface area contributed by atoms with Crippen molar-refractivity contribution >= 4 is 29.1 Å². The van der Waals surface area contributed by atoms with Crippen molar-refractivity contribution in [2.75, 3.05) is 6.61 Å². The molecule has 0 bridgehead atoms. The Hall–Kier alpha value is -4.70. The Kier molecular flexibility index (Phi) is 9.05. The van der Waals surface area contributed by atoms with Crippen LogP contribution >= 0.6 is 11.6 Å². The van der Waals surface area contributed by atoms with Crippen LogP contribution < -0.4 is 10.7 Å². The van der Waals surface area contributed by atoms with Crippen LogP contribution in [0.4, 0.5) is 26.3 Å². The lowest BCUT2D eigenvalue weighted by Crippen LogP contribution is -2.74. The number of hydrogen-bond acceptors (Lipinski definition) is 7. The van der Waals surface area contributed by atoms with Gasteiger partial charge in [0.25, 0.3) is 5.70 Å². The molecular formula is C34H29ClF6N5O4+. The zero-order valence-corrected chi connectivity index (χ0v) is 27.2. The maximum absolute atomic E-state index is 14.5. The molecule has 6 rings (SSSR count). The largest absolute Gasteiger partial charge is 0.486 e. The number of halogens is 7. The first-order valence-corrected chi connectivity index (χ1v) is 15.4. The van der Waals surface area contributed by atoms with Gasteiger partial charge < -0.3 is 25.4 Å². The number of hydrogen-bond donors (Lipinski definition) is 4. The molecule has 9 nitrogen and oxygen atoms in total. The van der Waals surface area contributed by atoms with Gasteiger partial charge in [-0.3, -0.25) is 0 Å². The maximum atomic E-state index is 14.5. The van der Waals surface area contributed by atoms with Crippen LogP contribution in [0.15, 0.2) is 66.1 Å². The molecule has 0 aliphatic carbocycles. The third kappa shape index (κ3) is 6.14. The predicted octanol–water partition coefficient (Wildman–Crippen LogP) is 4.23. The summed E-state index contributed by atoms with van der Waals surface area (Å²) in [5.41, 5.74) is 3.74. The maximum Gasteiger partial charge on any atom is 0.418 e. The molecule has 3 aromatic carbocycles. The molecule has 50 heavy (non-hydrogen) atoms. The highest BCUT2D eigenvalue weighted by Crippen LogP contribution is 2.43. The Morgan fingerprint density at radius 3 is 2.42 bits per heavy atom. The lowest BCUT2D eigenvalue weighted by molar-refractivity contribution is -0.421. The van der Waals surface area contributed by atoms with Gasteiger partial charge in [0.2, 0.25) is 0 Å². The second-order valence-corrected chi connectivity index (χ2v) is 12.4. The summed E-state index contributed by atoms with van der Waals surface area (Å²) >= 11 is 6.11. The predicted molar refractivity (Wildman–Crippen MR) is 169 cm³/mol. The average molecular weight is 721 g/mol. The number of fused-ring (bicyclic) bond motifs is 1. The number of benzene rings is 3. The SMILES string of the molecule is Cc1nc([C@]2(C)OC3C(=C([NH+]=C/C(=C(\N)c4ccccc4C)c4cc(F)c(F)c(F)c4)C2O)OCC3O)n(-c2cc(Cl)ccc2C(F)(F)F)n1. The molecule has 5 N–H and O–H groups in total. The molecule has 1 saturated heterocycles. The Labute approximate surface area is 285 Å². The number of ether oxygens (including phenoxy) is 2. The number of aliphatic hydroxyl groups excluding tert-OH is 2. The normalized spacial score (nSPS) is 22.9. The van der Waals surface area contributed by atoms with Crippen LogP contribution in [0.5, 0.6) is 0 Å². The quantitative estimate of drug-likeness (QED) is 0.102. The smallest absolute Gasteiger partial charge is 0.418 e. The number of nitrogens with one attached hydrogen (secondary N) is 1. The van der Waals surface area contributed by atoms with Gasteiger partial charge in [-0.2, -0.15) is 18.3 Å². The van der Waals surface area contributed by atoms with Crippen LogP contribution in [-0.4, -0.2) is 56.1 Å². The zero-order valence-electron chi connectivity index (χ0n) is 26.5. The van der Waals surface area contributed by atoms with Gasteiger partial charge in [-0.1, -0.05) is 35.9 Å². The van der Waals surface area contributed by atoms with Crippen molar-refractivity contribution < 1.29 is 51.0 Å². The molecule has 0 radical (unpaired) electrons. The molecule has 0 amide bonds. The van der Waals surface area contributed by atoms with E-state index in [1.807, 2.05) is 0 Å². The molecule has 262 valence electrons. The first kappa shape index (κ1) is 35.1. The van der Waals surface area contributed by atoms with E-state index in [0.29, 0.717) is 11.1 Å². The van der Waals surface area contributed by atoms with Crippen molar-refractivity contribution in [3.8, 4) is 5.69 Å². The highest BCUT2D eigenvalue weighted by molar-refractivity contribution is 6.30. The summed E-state index contributed by atoms with van der Waals surface area (Å²) in [6.45, 7) is 4.22. The van der Waals surface area contributed by atoms with Crippen LogP contribution in [0.3, 0.4) is 0 Å². The van der Waals surface area contributed by atoms with E-state index in [-0.39, 0.29) is 51.6 Å². The standard InChI is InChI=1S/C34H28ClF6N5O4/c1-15-6-4-5-7-19(15)27(42)20(17-10-22(36)26(38)23(37)11-17)13-43-28-30-29(25(47)14-49-30)50-33(3,31(28)48)32-44-16(2)45-46(32)24-12-18(35)8-9-21(24)34(39,40)41/h4-13,25,29,31,47-48H,14,42H2,1-3H3/p+1/b27-20+,43-13?/t25?,29?,31?,33-/m1/s1. The van der Waals surface area contributed by atoms with Crippen molar-refractivity contribution in [2.45, 2.75) is 50.9 Å². The summed E-state index contributed by atoms with van der Waals surface area (Å²) in [4.78, 5) is 7.21. The average Bonchev–Trinajstić information content (AvgIpc) is 3.63. The van der Waals surface area contributed by atoms with Gasteiger partial charge in [-0.25, -0.2) is 27.8 Å². The summed E-state index contributed by atoms with van der Waals surface area (Å²) in [5, 5.41) is 26.9. The second kappa shape index (κ2) is 12.9. The Bertz CT molecular complexity index is 2080. The molecule has 16 heteroatoms. The zero-order chi connectivity index (χ0) is 36.3. The first-order valence-electron chi connectivity index (χ1n) is 15.0. The Morgan fingerprint density at radius 2 is 1.76 bits per heavy atom. The molecule has 2 aliphatic heterocycles. The van der Waals surface area contributed by atoms with Crippen LogP contribution in [-0.2, 0) is 21.3 Å². The number of aryl methyl sites for hydroxylation is 2. The molecule has 1 fully saturated rings. The van der Waals surface area contributed by atoms with E-state index in [4.69, 9.17) is 26.8 Å². The summed E-state index contributed by atoms with van der Waals surface area (Å²) in [5.74, 6) is -5.00. The molecule has 3 unspecified atom stereocenters. The fourth-order valence-electron chi connectivity index (χ4n) is 5.97. The molecule has 0 spiro atoms. The van der Waals surface area contributed by atoms with E-state index in [1.54, 1.807) is 31.2 Å². The lowest BCUT2D eigenvalue weighted by Gasteiger charge is -2.38. The van der Waals surface area contributed by atoms with Crippen molar-refractivity contribution in [2.24, 2.45) is 5.73 Å². The third-order valence-electron chi connectivity index (χ3n) is 8.49. The fraction of sp³-hybridized carbons (Fsp3) is 0.265. The van der Waals surface area contributed by atoms with Crippen LogP contribution in [0.1, 0.15) is 40.8 Å². The van der Waals surface area contributed by atoms with Crippen LogP contribution in [0.2, 0.25) is 5.02 Å². The minimum atomic E-state index is -4.84. The van der Waals surface area contributed by atoms with Gasteiger partial charge in [0.1, 0.15) is 18.5 Å². The van der Waals surface area contributed by atoms with Crippen molar-refractivity contribution in [1.82, 2.24) is 14.8 Å². The molecular weight excluding hydrogens is 692 g/mol. The summed E-state index contributed by atoms with van der Waals surface area (Å²) in [6.07, 6.45) is -8.02. The number of allylic oxidation sites excluding steroid dienone is 1. The van der Waals surface area contributed by atoms with Crippen molar-refractivity contribution in [1.29, 1.82) is 0 Å². The van der Waals surface area contributed by atoms with Crippen LogP contribution in [0.25, 0.3) is 17.0 Å². The number of alkyl halides is 3. The van der Waals surface area contributed by atoms with E-state index in [0.717, 1.165) is 35.0 Å². The minimum Gasteiger partial charge on any atom is -0.486 e. The van der Waals surface area contributed by atoms with Crippen LogP contribution in [0, 0.1) is 31.3 Å². The Morgan fingerprint density at radius 1 is 1.08 bits per heavy atom. The number of rotatable bonds is 6. The summed E-state index contributed by atoms with van der Waals surface area (Å²) in [7, 11) is 0. The van der Waals surface area contributed by atoms with E-state index < -0.39 is 58.8 Å². The molecule has 4 aromatic rings. The highest BCUT2D eigenvalue weighted by atomic mass is 35.5. The molecule has 4 atom stereocenters. The van der Waals surface area contributed by atoms with Crippen molar-refractivity contribution in [3.05, 3.63) is 122 Å². The van der Waals surface area contributed by atoms with Gasteiger partial charge in [0, 0.05) is 10.6 Å². The molecule has 2 aliphatic rings. The Balaban J connectivity index is 1.53. The van der Waals surface area contributed by atoms with Gasteiger partial charge >= 0.3 is 6.18 Å². The molecule has 0 saturated carbocycles. The van der Waals surface area contributed by atoms with Gasteiger partial charge in [0.05, 0.1) is 22.5 Å². The second-order valence-electron chi connectivity index (χ2n) is 11.9. The first-order chi connectivity index (χ1) is 23.5. The number of nitrogens with two attached hydrogens (primary N) is 1. The minimum absolute atomic E-state index is 0.0100. The van der Waals surface area contributed by atoms with E-state index in [9.17, 15) is 36.6 Å². The van der Waals surface area contributed by atoms with Gasteiger partial charge in [0.15, 0.2) is 53.1 Å². The fourth-order valence-corrected chi connectivity index (χ4v) is 6.13. The van der Waals surface area contributed by atoms with Crippen molar-refractivity contribution in [3.63, 3.8) is 0 Å². The van der Waals surface area contributed by atoms with E-state index in [1.165, 1.54) is 20.1 Å². The number of nitrogens with zero attached hydrogens (tertiary/aromatic N) is 3. The lowest BCUT2D eigenvalue weighted by atomic mass is 9.89. The summed E-state index contributed by atoms with van der Waals surface area (Å²) in [6, 6.07) is 11.2. The number of aromatic nitrogens is 3. The molecule has 1 aromatic heterocycles. The number of aliphatic hydroxyl groups is 2. The monoisotopic (exact) mass is 720 g/mol.